The van der Waals surface area contributed by atoms with Crippen molar-refractivity contribution in [1.29, 1.82) is 0 Å². The highest BCUT2D eigenvalue weighted by atomic mass is 16.3. The Morgan fingerprint density at radius 3 is 2.32 bits per heavy atom. The molecule has 3 aromatic rings. The van der Waals surface area contributed by atoms with Crippen LogP contribution in [0.1, 0.15) is 25.3 Å². The molecule has 2 heteroatoms. The van der Waals surface area contributed by atoms with Crippen molar-refractivity contribution >= 4 is 21.5 Å². The third-order valence-electron chi connectivity index (χ3n) is 3.60. The summed E-state index contributed by atoms with van der Waals surface area (Å²) in [5, 5.41) is 24.1. The predicted molar refractivity (Wildman–Crippen MR) is 78.9 cm³/mol. The lowest BCUT2D eigenvalue weighted by molar-refractivity contribution is 0.449. The van der Waals surface area contributed by atoms with Gasteiger partial charge in [-0.2, -0.15) is 0 Å². The SMILES string of the molecule is CC(C)c1c(O)cc(O)c2c1ccc1ccccc12. The van der Waals surface area contributed by atoms with Crippen molar-refractivity contribution in [3.8, 4) is 11.5 Å². The molecule has 0 radical (unpaired) electrons. The van der Waals surface area contributed by atoms with E-state index in [1.807, 2.05) is 50.2 Å². The highest BCUT2D eigenvalue weighted by Gasteiger charge is 2.15. The second-order valence-corrected chi connectivity index (χ2v) is 5.19. The van der Waals surface area contributed by atoms with Crippen molar-refractivity contribution in [3.05, 3.63) is 48.0 Å². The van der Waals surface area contributed by atoms with Crippen molar-refractivity contribution in [2.45, 2.75) is 19.8 Å². The highest BCUT2D eigenvalue weighted by Crippen LogP contribution is 2.41. The van der Waals surface area contributed by atoms with E-state index in [2.05, 4.69) is 0 Å². The van der Waals surface area contributed by atoms with E-state index in [9.17, 15) is 10.2 Å². The van der Waals surface area contributed by atoms with Crippen LogP contribution in [0.3, 0.4) is 0 Å². The molecule has 2 nitrogen and oxygen atoms in total. The molecule has 0 amide bonds. The van der Waals surface area contributed by atoms with Crippen molar-refractivity contribution in [2.75, 3.05) is 0 Å². The normalized spacial score (nSPS) is 11.5. The average molecular weight is 252 g/mol. The van der Waals surface area contributed by atoms with Crippen molar-refractivity contribution in [1.82, 2.24) is 0 Å². The van der Waals surface area contributed by atoms with Crippen LogP contribution in [0.5, 0.6) is 11.5 Å². The summed E-state index contributed by atoms with van der Waals surface area (Å²) in [5.41, 5.74) is 0.888. The number of aromatic hydroxyl groups is 2. The Kier molecular flexibility index (Phi) is 2.59. The Hall–Kier alpha value is -2.22. The smallest absolute Gasteiger partial charge is 0.127 e. The summed E-state index contributed by atoms with van der Waals surface area (Å²) in [7, 11) is 0. The molecule has 0 unspecified atom stereocenters. The van der Waals surface area contributed by atoms with Crippen LogP contribution in [0, 0.1) is 0 Å². The number of hydrogen-bond acceptors (Lipinski definition) is 2. The van der Waals surface area contributed by atoms with Crippen molar-refractivity contribution in [3.63, 3.8) is 0 Å². The van der Waals surface area contributed by atoms with Gasteiger partial charge in [0.25, 0.3) is 0 Å². The van der Waals surface area contributed by atoms with Crippen LogP contribution >= 0.6 is 0 Å². The fourth-order valence-corrected chi connectivity index (χ4v) is 2.80. The first-order chi connectivity index (χ1) is 9.09. The maximum absolute atomic E-state index is 10.2. The van der Waals surface area contributed by atoms with Gasteiger partial charge in [0.1, 0.15) is 11.5 Å². The Morgan fingerprint density at radius 1 is 0.842 bits per heavy atom. The standard InChI is InChI=1S/C17H16O2/c1-10(2)16-13-8-7-11-5-3-4-6-12(11)17(13)15(19)9-14(16)18/h3-10,18-19H,1-2H3. The molecule has 0 aliphatic carbocycles. The molecule has 3 aromatic carbocycles. The summed E-state index contributed by atoms with van der Waals surface area (Å²) in [5.74, 6) is 0.494. The highest BCUT2D eigenvalue weighted by molar-refractivity contribution is 6.12. The summed E-state index contributed by atoms with van der Waals surface area (Å²) in [6.07, 6.45) is 0. The van der Waals surface area contributed by atoms with Crippen LogP contribution in [0.2, 0.25) is 0 Å². The molecule has 96 valence electrons. The Bertz CT molecular complexity index is 773. The third kappa shape index (κ3) is 1.72. The summed E-state index contributed by atoms with van der Waals surface area (Å²) in [6.45, 7) is 4.08. The summed E-state index contributed by atoms with van der Waals surface area (Å²) >= 11 is 0. The maximum atomic E-state index is 10.2. The molecule has 2 N–H and O–H groups in total. The number of phenols is 2. The van der Waals surface area contributed by atoms with Crippen LogP contribution in [0.25, 0.3) is 21.5 Å². The minimum atomic E-state index is 0.133. The van der Waals surface area contributed by atoms with Gasteiger partial charge in [0, 0.05) is 17.0 Å². The lowest BCUT2D eigenvalue weighted by atomic mass is 9.91. The van der Waals surface area contributed by atoms with Crippen molar-refractivity contribution < 1.29 is 10.2 Å². The van der Waals surface area contributed by atoms with Crippen LogP contribution in [-0.2, 0) is 0 Å². The van der Waals surface area contributed by atoms with Crippen LogP contribution in [-0.4, -0.2) is 10.2 Å². The quantitative estimate of drug-likeness (QED) is 0.625. The topological polar surface area (TPSA) is 40.5 Å². The molecule has 0 aromatic heterocycles. The molecule has 0 heterocycles. The zero-order valence-corrected chi connectivity index (χ0v) is 11.0. The molecule has 0 aliphatic heterocycles. The van der Waals surface area contributed by atoms with Gasteiger partial charge in [-0.3, -0.25) is 0 Å². The first-order valence-electron chi connectivity index (χ1n) is 6.46. The number of phenolic OH excluding ortho intramolecular Hbond substituents is 2. The number of rotatable bonds is 1. The average Bonchev–Trinajstić information content (AvgIpc) is 2.37. The second kappa shape index (κ2) is 4.16. The van der Waals surface area contributed by atoms with Gasteiger partial charge >= 0.3 is 0 Å². The largest absolute Gasteiger partial charge is 0.507 e. The Morgan fingerprint density at radius 2 is 1.58 bits per heavy atom. The molecule has 0 bridgehead atoms. The molecule has 19 heavy (non-hydrogen) atoms. The molecule has 0 saturated carbocycles. The van der Waals surface area contributed by atoms with E-state index < -0.39 is 0 Å². The van der Waals surface area contributed by atoms with Crippen LogP contribution in [0.4, 0.5) is 0 Å². The molecular formula is C17H16O2. The van der Waals surface area contributed by atoms with Crippen LogP contribution in [0.15, 0.2) is 42.5 Å². The lowest BCUT2D eigenvalue weighted by Gasteiger charge is -2.15. The number of benzene rings is 3. The molecule has 0 atom stereocenters. The molecule has 0 aliphatic rings. The van der Waals surface area contributed by atoms with E-state index in [-0.39, 0.29) is 17.4 Å². The summed E-state index contributed by atoms with van der Waals surface area (Å²) in [6, 6.07) is 13.4. The first-order valence-corrected chi connectivity index (χ1v) is 6.46. The van der Waals surface area contributed by atoms with E-state index in [0.29, 0.717) is 0 Å². The molecule has 0 fully saturated rings. The number of fused-ring (bicyclic) bond motifs is 3. The van der Waals surface area contributed by atoms with Crippen LogP contribution < -0.4 is 0 Å². The summed E-state index contributed by atoms with van der Waals surface area (Å²) in [4.78, 5) is 0. The zero-order chi connectivity index (χ0) is 13.6. The van der Waals surface area contributed by atoms with Gasteiger partial charge in [-0.25, -0.2) is 0 Å². The lowest BCUT2D eigenvalue weighted by Crippen LogP contribution is -1.92. The van der Waals surface area contributed by atoms with E-state index >= 15 is 0 Å². The van der Waals surface area contributed by atoms with Crippen molar-refractivity contribution in [2.24, 2.45) is 0 Å². The fourth-order valence-electron chi connectivity index (χ4n) is 2.80. The first kappa shape index (κ1) is 11.8. The van der Waals surface area contributed by atoms with Gasteiger partial charge in [-0.1, -0.05) is 50.2 Å². The molecule has 0 spiro atoms. The monoisotopic (exact) mass is 252 g/mol. The number of hydrogen-bond donors (Lipinski definition) is 2. The van der Waals surface area contributed by atoms with E-state index in [0.717, 1.165) is 27.1 Å². The summed E-state index contributed by atoms with van der Waals surface area (Å²) < 4.78 is 0. The van der Waals surface area contributed by atoms with Gasteiger partial charge < -0.3 is 10.2 Å². The predicted octanol–water partition coefficient (Wildman–Crippen LogP) is 4.53. The second-order valence-electron chi connectivity index (χ2n) is 5.19. The van der Waals surface area contributed by atoms with E-state index in [1.165, 1.54) is 6.07 Å². The third-order valence-corrected chi connectivity index (χ3v) is 3.60. The molecule has 3 rings (SSSR count). The van der Waals surface area contributed by atoms with E-state index in [4.69, 9.17) is 0 Å². The molecule has 0 saturated heterocycles. The maximum Gasteiger partial charge on any atom is 0.127 e. The van der Waals surface area contributed by atoms with Gasteiger partial charge in [-0.15, -0.1) is 0 Å². The van der Waals surface area contributed by atoms with Gasteiger partial charge in [0.15, 0.2) is 0 Å². The Labute approximate surface area is 111 Å². The van der Waals surface area contributed by atoms with Gasteiger partial charge in [0.2, 0.25) is 0 Å². The van der Waals surface area contributed by atoms with Gasteiger partial charge in [0.05, 0.1) is 0 Å². The zero-order valence-electron chi connectivity index (χ0n) is 11.0. The fraction of sp³-hybridized carbons (Fsp3) is 0.176. The van der Waals surface area contributed by atoms with E-state index in [1.54, 1.807) is 0 Å². The Balaban J connectivity index is 2.57. The minimum absolute atomic E-state index is 0.133. The molecular weight excluding hydrogens is 236 g/mol. The minimum Gasteiger partial charge on any atom is -0.507 e. The van der Waals surface area contributed by atoms with Gasteiger partial charge in [-0.05, 0) is 22.1 Å².